The van der Waals surface area contributed by atoms with Crippen LogP contribution in [0, 0.1) is 0 Å². The molecule has 1 aromatic rings. The first-order valence-electron chi connectivity index (χ1n) is 7.75. The number of hydrogen-bond donors (Lipinski definition) is 0. The Labute approximate surface area is 138 Å². The minimum Gasteiger partial charge on any atom is -0.376 e. The zero-order valence-corrected chi connectivity index (χ0v) is 13.9. The van der Waals surface area contributed by atoms with Crippen LogP contribution in [0.1, 0.15) is 60.5 Å². The van der Waals surface area contributed by atoms with Gasteiger partial charge in [-0.1, -0.05) is 12.8 Å². The number of carbonyl (C=O) groups is 1. The first-order chi connectivity index (χ1) is 11.1. The van der Waals surface area contributed by atoms with Crippen molar-refractivity contribution in [3.05, 3.63) is 28.8 Å². The molecule has 0 heterocycles. The van der Waals surface area contributed by atoms with Crippen LogP contribution in [0.15, 0.2) is 12.1 Å². The van der Waals surface area contributed by atoms with Crippen molar-refractivity contribution < 1.29 is 30.6 Å². The molecule has 3 rings (SSSR count). The molecule has 1 fully saturated rings. The number of fused-ring (bicyclic) bond motifs is 2. The fourth-order valence-corrected chi connectivity index (χ4v) is 4.54. The summed E-state index contributed by atoms with van der Waals surface area (Å²) in [7, 11) is -5.74. The second kappa shape index (κ2) is 5.47. The fraction of sp³-hybridized carbons (Fsp3) is 0.562. The second-order valence-corrected chi connectivity index (χ2v) is 8.03. The third kappa shape index (κ3) is 2.60. The maximum absolute atomic E-state index is 12.7. The van der Waals surface area contributed by atoms with Crippen molar-refractivity contribution in [2.75, 3.05) is 0 Å². The van der Waals surface area contributed by atoms with E-state index in [1.807, 2.05) is 0 Å². The average molecular weight is 362 g/mol. The van der Waals surface area contributed by atoms with Crippen molar-refractivity contribution in [1.29, 1.82) is 0 Å². The number of hydrogen-bond acceptors (Lipinski definition) is 4. The number of rotatable bonds is 3. The Morgan fingerprint density at radius 3 is 2.33 bits per heavy atom. The highest BCUT2D eigenvalue weighted by atomic mass is 32.2. The Bertz CT molecular complexity index is 790. The lowest BCUT2D eigenvalue weighted by molar-refractivity contribution is -0.0500. The lowest BCUT2D eigenvalue weighted by atomic mass is 9.79. The molecule has 132 valence electrons. The molecule has 0 saturated heterocycles. The number of ketones is 1. The van der Waals surface area contributed by atoms with Crippen molar-refractivity contribution in [3.8, 4) is 5.75 Å². The van der Waals surface area contributed by atoms with Crippen molar-refractivity contribution in [3.63, 3.8) is 0 Å². The van der Waals surface area contributed by atoms with Gasteiger partial charge in [-0.2, -0.15) is 21.6 Å². The Morgan fingerprint density at radius 1 is 1.17 bits per heavy atom. The molecular weight excluding hydrogens is 345 g/mol. The van der Waals surface area contributed by atoms with Gasteiger partial charge in [0.15, 0.2) is 5.78 Å². The lowest BCUT2D eigenvalue weighted by Gasteiger charge is -2.27. The highest BCUT2D eigenvalue weighted by molar-refractivity contribution is 7.88. The Morgan fingerprint density at radius 2 is 1.79 bits per heavy atom. The predicted molar refractivity (Wildman–Crippen MR) is 80.5 cm³/mol. The topological polar surface area (TPSA) is 60.4 Å². The summed E-state index contributed by atoms with van der Waals surface area (Å²) in [5.74, 6) is -0.474. The summed E-state index contributed by atoms with van der Waals surface area (Å²) in [5, 5.41) is 0. The summed E-state index contributed by atoms with van der Waals surface area (Å²) < 4.78 is 65.4. The third-order valence-electron chi connectivity index (χ3n) is 5.08. The predicted octanol–water partition coefficient (Wildman–Crippen LogP) is 3.88. The molecule has 1 spiro atoms. The van der Waals surface area contributed by atoms with Crippen LogP contribution in [0.2, 0.25) is 0 Å². The largest absolute Gasteiger partial charge is 0.534 e. The normalized spacial score (nSPS) is 19.5. The van der Waals surface area contributed by atoms with Gasteiger partial charge in [-0.05, 0) is 55.7 Å². The zero-order chi connectivity index (χ0) is 17.8. The SMILES string of the molecule is CC(=O)c1ccc(OS(=O)(=O)C(F)(F)F)c2c1CCC21CCCC1. The smallest absolute Gasteiger partial charge is 0.376 e. The van der Waals surface area contributed by atoms with Crippen LogP contribution < -0.4 is 4.18 Å². The molecule has 0 atom stereocenters. The van der Waals surface area contributed by atoms with Gasteiger partial charge in [0.25, 0.3) is 0 Å². The molecule has 4 nitrogen and oxygen atoms in total. The Hall–Kier alpha value is -1.57. The summed E-state index contributed by atoms with van der Waals surface area (Å²) in [6.07, 6.45) is 4.64. The molecule has 0 bridgehead atoms. The maximum atomic E-state index is 12.7. The summed E-state index contributed by atoms with van der Waals surface area (Å²) in [6.45, 7) is 1.39. The summed E-state index contributed by atoms with van der Waals surface area (Å²) in [4.78, 5) is 11.8. The number of Topliss-reactive ketones (excluding diaryl/α,β-unsaturated/α-hetero) is 1. The molecule has 24 heavy (non-hydrogen) atoms. The Kier molecular flexibility index (Phi) is 3.94. The lowest BCUT2D eigenvalue weighted by Crippen LogP contribution is -2.29. The molecule has 0 unspecified atom stereocenters. The molecule has 0 radical (unpaired) electrons. The van der Waals surface area contributed by atoms with Crippen LogP contribution in [-0.4, -0.2) is 19.7 Å². The van der Waals surface area contributed by atoms with Crippen LogP contribution >= 0.6 is 0 Å². The first kappa shape index (κ1) is 17.3. The third-order valence-corrected chi connectivity index (χ3v) is 6.05. The van der Waals surface area contributed by atoms with E-state index in [2.05, 4.69) is 4.18 Å². The van der Waals surface area contributed by atoms with E-state index in [0.29, 0.717) is 29.5 Å². The summed E-state index contributed by atoms with van der Waals surface area (Å²) in [6, 6.07) is 2.54. The minimum absolute atomic E-state index is 0.188. The van der Waals surface area contributed by atoms with Gasteiger partial charge >= 0.3 is 15.6 Å². The molecule has 1 saturated carbocycles. The van der Waals surface area contributed by atoms with Gasteiger partial charge in [-0.15, -0.1) is 0 Å². The molecule has 0 aliphatic heterocycles. The molecule has 1 aromatic carbocycles. The van der Waals surface area contributed by atoms with Gasteiger partial charge in [-0.25, -0.2) is 0 Å². The van der Waals surface area contributed by atoms with Gasteiger partial charge in [0.1, 0.15) is 5.75 Å². The highest BCUT2D eigenvalue weighted by Crippen LogP contribution is 2.54. The van der Waals surface area contributed by atoms with Crippen LogP contribution in [0.25, 0.3) is 0 Å². The van der Waals surface area contributed by atoms with Gasteiger partial charge < -0.3 is 4.18 Å². The number of carbonyl (C=O) groups excluding carboxylic acids is 1. The summed E-state index contributed by atoms with van der Waals surface area (Å²) in [5.41, 5.74) is -4.30. The Balaban J connectivity index is 2.16. The van der Waals surface area contributed by atoms with Crippen LogP contribution in [0.4, 0.5) is 13.2 Å². The molecule has 2 aliphatic rings. The number of alkyl halides is 3. The quantitative estimate of drug-likeness (QED) is 0.465. The molecule has 0 aromatic heterocycles. The van der Waals surface area contributed by atoms with E-state index in [4.69, 9.17) is 0 Å². The van der Waals surface area contributed by atoms with E-state index in [0.717, 1.165) is 25.7 Å². The van der Waals surface area contributed by atoms with Crippen LogP contribution in [0.5, 0.6) is 5.75 Å². The van der Waals surface area contributed by atoms with E-state index in [1.54, 1.807) is 0 Å². The summed E-state index contributed by atoms with van der Waals surface area (Å²) >= 11 is 0. The molecule has 0 N–H and O–H groups in total. The molecule has 8 heteroatoms. The van der Waals surface area contributed by atoms with Gasteiger partial charge in [0, 0.05) is 11.1 Å². The second-order valence-electron chi connectivity index (χ2n) is 6.49. The van der Waals surface area contributed by atoms with E-state index in [1.165, 1.54) is 19.1 Å². The van der Waals surface area contributed by atoms with Crippen LogP contribution in [0.3, 0.4) is 0 Å². The van der Waals surface area contributed by atoms with E-state index < -0.39 is 15.6 Å². The first-order valence-corrected chi connectivity index (χ1v) is 9.16. The standard InChI is InChI=1S/C16H17F3O4S/c1-10(20)11-4-5-13(23-24(21,22)16(17,18)19)14-12(11)6-9-15(14)7-2-3-8-15/h4-5H,2-3,6-9H2,1H3. The zero-order valence-electron chi connectivity index (χ0n) is 13.1. The minimum atomic E-state index is -5.74. The number of benzene rings is 1. The number of halogens is 3. The monoisotopic (exact) mass is 362 g/mol. The van der Waals surface area contributed by atoms with Crippen molar-refractivity contribution in [1.82, 2.24) is 0 Å². The molecule has 0 amide bonds. The van der Waals surface area contributed by atoms with Crippen molar-refractivity contribution in [2.45, 2.75) is 56.4 Å². The van der Waals surface area contributed by atoms with Gasteiger partial charge in [0.2, 0.25) is 0 Å². The molecular formula is C16H17F3O4S. The van der Waals surface area contributed by atoms with Crippen molar-refractivity contribution in [2.24, 2.45) is 0 Å². The van der Waals surface area contributed by atoms with E-state index in [-0.39, 0.29) is 16.9 Å². The fourth-order valence-electron chi connectivity index (χ4n) is 4.07. The van der Waals surface area contributed by atoms with Gasteiger partial charge in [0.05, 0.1) is 0 Å². The highest BCUT2D eigenvalue weighted by Gasteiger charge is 2.51. The van der Waals surface area contributed by atoms with Crippen molar-refractivity contribution >= 4 is 15.9 Å². The molecule has 2 aliphatic carbocycles. The maximum Gasteiger partial charge on any atom is 0.534 e. The average Bonchev–Trinajstić information content (AvgIpc) is 3.07. The van der Waals surface area contributed by atoms with E-state index >= 15 is 0 Å². The van der Waals surface area contributed by atoms with Gasteiger partial charge in [-0.3, -0.25) is 4.79 Å². The van der Waals surface area contributed by atoms with E-state index in [9.17, 15) is 26.4 Å². The van der Waals surface area contributed by atoms with Crippen LogP contribution in [-0.2, 0) is 22.0 Å².